The van der Waals surface area contributed by atoms with Crippen LogP contribution in [0.4, 0.5) is 5.95 Å². The second-order valence-electron chi connectivity index (χ2n) is 6.82. The minimum absolute atomic E-state index is 0.208. The number of fused-ring (bicyclic) bond motifs is 1. The Morgan fingerprint density at radius 2 is 2.31 bits per heavy atom. The van der Waals surface area contributed by atoms with E-state index in [1.54, 1.807) is 16.8 Å². The predicted molar refractivity (Wildman–Crippen MR) is 105 cm³/mol. The molecule has 1 saturated heterocycles. The van der Waals surface area contributed by atoms with Crippen molar-refractivity contribution in [1.82, 2.24) is 24.8 Å². The van der Waals surface area contributed by atoms with E-state index in [0.717, 1.165) is 42.8 Å². The van der Waals surface area contributed by atoms with Crippen LogP contribution in [0.5, 0.6) is 0 Å². The number of rotatable bonds is 7. The van der Waals surface area contributed by atoms with Gasteiger partial charge in [0, 0.05) is 6.54 Å². The predicted octanol–water partition coefficient (Wildman–Crippen LogP) is 2.22. The van der Waals surface area contributed by atoms with Gasteiger partial charge >= 0.3 is 5.69 Å². The van der Waals surface area contributed by atoms with Crippen molar-refractivity contribution >= 4 is 17.1 Å². The molecule has 1 atom stereocenters. The van der Waals surface area contributed by atoms with Crippen LogP contribution in [0.3, 0.4) is 0 Å². The minimum Gasteiger partial charge on any atom is -0.354 e. The smallest absolute Gasteiger partial charge is 0.328 e. The number of allylic oxidation sites excluding steroid dienone is 4. The summed E-state index contributed by atoms with van der Waals surface area (Å²) in [6.45, 7) is 15.1. The van der Waals surface area contributed by atoms with Gasteiger partial charge in [-0.2, -0.15) is 4.98 Å². The van der Waals surface area contributed by atoms with Gasteiger partial charge in [0.2, 0.25) is 5.95 Å². The molecule has 0 unspecified atom stereocenters. The van der Waals surface area contributed by atoms with Crippen molar-refractivity contribution in [2.45, 2.75) is 26.8 Å². The second-order valence-corrected chi connectivity index (χ2v) is 6.82. The van der Waals surface area contributed by atoms with Crippen LogP contribution in [0.15, 0.2) is 46.9 Å². The molecule has 0 aromatic carbocycles. The van der Waals surface area contributed by atoms with E-state index in [2.05, 4.69) is 38.7 Å². The largest absolute Gasteiger partial charge is 0.354 e. The quantitative estimate of drug-likeness (QED) is 0.664. The first-order valence-corrected chi connectivity index (χ1v) is 8.87. The molecule has 1 fully saturated rings. The topological polar surface area (TPSA) is 87.6 Å². The number of imidazole rings is 1. The zero-order valence-electron chi connectivity index (χ0n) is 15.4. The third-order valence-corrected chi connectivity index (χ3v) is 4.92. The molecule has 3 rings (SSSR count). The van der Waals surface area contributed by atoms with Crippen LogP contribution in [-0.4, -0.2) is 39.2 Å². The molecular formula is C19H26N6O. The van der Waals surface area contributed by atoms with Gasteiger partial charge < -0.3 is 15.6 Å². The highest BCUT2D eigenvalue weighted by molar-refractivity contribution is 5.71. The monoisotopic (exact) mass is 354 g/mol. The fourth-order valence-corrected chi connectivity index (χ4v) is 3.08. The van der Waals surface area contributed by atoms with Crippen LogP contribution < -0.4 is 16.3 Å². The third-order valence-electron chi connectivity index (χ3n) is 4.92. The number of H-pyrrole nitrogens is 1. The number of anilines is 1. The zero-order valence-corrected chi connectivity index (χ0v) is 15.4. The molecule has 2 aromatic rings. The average molecular weight is 354 g/mol. The molecular weight excluding hydrogens is 328 g/mol. The summed E-state index contributed by atoms with van der Waals surface area (Å²) in [5.74, 6) is 1.12. The number of nitrogens with zero attached hydrogens (tertiary/aromatic N) is 3. The molecule has 2 aromatic heterocycles. The first-order valence-electron chi connectivity index (χ1n) is 8.87. The first kappa shape index (κ1) is 18.1. The Balaban J connectivity index is 1.89. The van der Waals surface area contributed by atoms with Crippen molar-refractivity contribution in [3.05, 3.63) is 52.6 Å². The maximum Gasteiger partial charge on any atom is 0.328 e. The van der Waals surface area contributed by atoms with E-state index in [0.29, 0.717) is 29.6 Å². The van der Waals surface area contributed by atoms with Crippen molar-refractivity contribution in [2.75, 3.05) is 25.0 Å². The van der Waals surface area contributed by atoms with Gasteiger partial charge in [0.1, 0.15) is 5.52 Å². The van der Waals surface area contributed by atoms with E-state index in [1.165, 1.54) is 0 Å². The van der Waals surface area contributed by atoms with Crippen LogP contribution in [0.25, 0.3) is 11.2 Å². The molecule has 3 N–H and O–H groups in total. The Bertz CT molecular complexity index is 914. The Hall–Kier alpha value is -2.67. The zero-order chi connectivity index (χ0) is 18.7. The summed E-state index contributed by atoms with van der Waals surface area (Å²) in [5.41, 5.74) is 3.94. The molecule has 7 nitrogen and oxygen atoms in total. The number of aromatic amines is 1. The molecule has 0 spiro atoms. The molecule has 1 aliphatic heterocycles. The van der Waals surface area contributed by atoms with Gasteiger partial charge in [0.25, 0.3) is 0 Å². The van der Waals surface area contributed by atoms with Gasteiger partial charge in [-0.25, -0.2) is 9.78 Å². The van der Waals surface area contributed by atoms with Crippen molar-refractivity contribution in [3.63, 3.8) is 0 Å². The summed E-state index contributed by atoms with van der Waals surface area (Å²) in [5, 5.41) is 6.63. The van der Waals surface area contributed by atoms with Crippen LogP contribution in [0.2, 0.25) is 0 Å². The summed E-state index contributed by atoms with van der Waals surface area (Å²) in [7, 11) is 0. The maximum atomic E-state index is 12.4. The molecule has 0 bridgehead atoms. The lowest BCUT2D eigenvalue weighted by molar-refractivity contribution is 0.613. The molecule has 0 radical (unpaired) electrons. The molecule has 1 aliphatic rings. The number of nitrogens with one attached hydrogen (secondary N) is 3. The molecule has 0 aliphatic carbocycles. The fourth-order valence-electron chi connectivity index (χ4n) is 3.08. The molecule has 26 heavy (non-hydrogen) atoms. The minimum atomic E-state index is -0.208. The van der Waals surface area contributed by atoms with Crippen LogP contribution in [0, 0.1) is 5.92 Å². The molecule has 0 saturated carbocycles. The Morgan fingerprint density at radius 1 is 1.50 bits per heavy atom. The lowest BCUT2D eigenvalue weighted by Gasteiger charge is -2.11. The fraction of sp³-hybridized carbons (Fsp3) is 0.421. The SMILES string of the molecule is C=C/C(Cn1c(=O)[nH]c2cnc(NC[C@@H]3CCNC3)nc21)=C(/C)C(=C)C. The molecule has 3 heterocycles. The third kappa shape index (κ3) is 3.77. The number of hydrogen-bond acceptors (Lipinski definition) is 5. The molecule has 138 valence electrons. The summed E-state index contributed by atoms with van der Waals surface area (Å²) >= 11 is 0. The van der Waals surface area contributed by atoms with Crippen molar-refractivity contribution in [3.8, 4) is 0 Å². The average Bonchev–Trinajstić information content (AvgIpc) is 3.24. The van der Waals surface area contributed by atoms with Crippen LogP contribution in [-0.2, 0) is 6.54 Å². The van der Waals surface area contributed by atoms with Gasteiger partial charge in [-0.3, -0.25) is 4.57 Å². The molecule has 7 heteroatoms. The van der Waals surface area contributed by atoms with E-state index in [-0.39, 0.29) is 5.69 Å². The van der Waals surface area contributed by atoms with Gasteiger partial charge in [-0.1, -0.05) is 24.8 Å². The highest BCUT2D eigenvalue weighted by Crippen LogP contribution is 2.17. The van der Waals surface area contributed by atoms with Gasteiger partial charge in [0.15, 0.2) is 5.65 Å². The first-order chi connectivity index (χ1) is 12.5. The van der Waals surface area contributed by atoms with Gasteiger partial charge in [-0.05, 0) is 50.4 Å². The van der Waals surface area contributed by atoms with E-state index in [1.807, 2.05) is 13.8 Å². The lowest BCUT2D eigenvalue weighted by Crippen LogP contribution is -2.19. The Morgan fingerprint density at radius 3 is 2.96 bits per heavy atom. The number of aromatic nitrogens is 4. The van der Waals surface area contributed by atoms with E-state index in [4.69, 9.17) is 0 Å². The molecule has 0 amide bonds. The standard InChI is InChI=1S/C19H26N6O/c1-5-15(13(4)12(2)3)11-25-17-16(23-19(25)26)10-22-18(24-17)21-9-14-6-7-20-8-14/h5,10,14,20H,1-2,6-9,11H2,3-4H3,(H,23,26)(H,21,22,24)/b15-13+/t14-/m1/s1. The summed E-state index contributed by atoms with van der Waals surface area (Å²) in [6.07, 6.45) is 4.57. The summed E-state index contributed by atoms with van der Waals surface area (Å²) in [4.78, 5) is 24.1. The van der Waals surface area contributed by atoms with Crippen molar-refractivity contribution in [2.24, 2.45) is 5.92 Å². The lowest BCUT2D eigenvalue weighted by atomic mass is 10.0. The van der Waals surface area contributed by atoms with Gasteiger partial charge in [-0.15, -0.1) is 0 Å². The van der Waals surface area contributed by atoms with E-state index in [9.17, 15) is 4.79 Å². The van der Waals surface area contributed by atoms with Crippen LogP contribution in [0.1, 0.15) is 20.3 Å². The highest BCUT2D eigenvalue weighted by Gasteiger charge is 2.16. The van der Waals surface area contributed by atoms with E-state index < -0.39 is 0 Å². The summed E-state index contributed by atoms with van der Waals surface area (Å²) < 4.78 is 1.61. The Kier molecular flexibility index (Phi) is 5.37. The second kappa shape index (κ2) is 7.70. The van der Waals surface area contributed by atoms with Crippen LogP contribution >= 0.6 is 0 Å². The number of hydrogen-bond donors (Lipinski definition) is 3. The Labute approximate surface area is 152 Å². The summed E-state index contributed by atoms with van der Waals surface area (Å²) in [6, 6.07) is 0. The van der Waals surface area contributed by atoms with Crippen molar-refractivity contribution < 1.29 is 0 Å². The maximum absolute atomic E-state index is 12.4. The van der Waals surface area contributed by atoms with Crippen molar-refractivity contribution in [1.29, 1.82) is 0 Å². The van der Waals surface area contributed by atoms with E-state index >= 15 is 0 Å². The highest BCUT2D eigenvalue weighted by atomic mass is 16.1. The normalized spacial score (nSPS) is 18.0. The van der Waals surface area contributed by atoms with Gasteiger partial charge in [0.05, 0.1) is 12.7 Å².